The molecule has 0 aliphatic carbocycles. The summed E-state index contributed by atoms with van der Waals surface area (Å²) in [5.41, 5.74) is 8.92. The number of hydrogen-bond acceptors (Lipinski definition) is 3. The summed E-state index contributed by atoms with van der Waals surface area (Å²) in [6.07, 6.45) is 3.36. The fourth-order valence-corrected chi connectivity index (χ4v) is 3.00. The average molecular weight is 360 g/mol. The fourth-order valence-electron chi connectivity index (χ4n) is 2.81. The van der Waals surface area contributed by atoms with Crippen LogP contribution in [0.1, 0.15) is 43.5 Å². The van der Waals surface area contributed by atoms with E-state index in [0.717, 1.165) is 37.3 Å². The largest absolute Gasteiger partial charge is 0.397 e. The standard InChI is InChI=1S/C18H20ClN3O.C2H6/c19-14-5-4-6-15(12-14)21-17-8-7-13(11-16(17)20)18(23)22-9-2-1-3-10-22;1-2/h4-8,11-12,21H,1-3,9-10,20H2;1-2H3. The van der Waals surface area contributed by atoms with E-state index in [4.69, 9.17) is 17.3 Å². The summed E-state index contributed by atoms with van der Waals surface area (Å²) < 4.78 is 0. The number of nitrogens with one attached hydrogen (secondary N) is 1. The maximum Gasteiger partial charge on any atom is 0.253 e. The zero-order chi connectivity index (χ0) is 18.2. The lowest BCUT2D eigenvalue weighted by atomic mass is 10.1. The van der Waals surface area contributed by atoms with E-state index in [1.807, 2.05) is 55.1 Å². The number of carbonyl (C=O) groups excluding carboxylic acids is 1. The van der Waals surface area contributed by atoms with Gasteiger partial charge in [0.1, 0.15) is 0 Å². The van der Waals surface area contributed by atoms with Crippen molar-refractivity contribution in [2.75, 3.05) is 24.1 Å². The van der Waals surface area contributed by atoms with E-state index in [2.05, 4.69) is 5.32 Å². The molecule has 3 N–H and O–H groups in total. The van der Waals surface area contributed by atoms with Gasteiger partial charge in [0, 0.05) is 29.4 Å². The van der Waals surface area contributed by atoms with Gasteiger partial charge in [-0.3, -0.25) is 4.79 Å². The Morgan fingerprint density at radius 1 is 1.08 bits per heavy atom. The third-order valence-electron chi connectivity index (χ3n) is 4.05. The van der Waals surface area contributed by atoms with Gasteiger partial charge in [0.2, 0.25) is 0 Å². The Kier molecular flexibility index (Phi) is 7.14. The maximum absolute atomic E-state index is 12.5. The minimum atomic E-state index is 0.0608. The molecule has 4 nitrogen and oxygen atoms in total. The third-order valence-corrected chi connectivity index (χ3v) is 4.28. The number of benzene rings is 2. The molecule has 0 saturated carbocycles. The van der Waals surface area contributed by atoms with Crippen LogP contribution in [0.15, 0.2) is 42.5 Å². The molecule has 1 fully saturated rings. The number of likely N-dealkylation sites (tertiary alicyclic amines) is 1. The minimum absolute atomic E-state index is 0.0608. The molecule has 0 bridgehead atoms. The molecule has 1 aliphatic heterocycles. The highest BCUT2D eigenvalue weighted by molar-refractivity contribution is 6.30. The SMILES string of the molecule is CC.Nc1cc(C(=O)N2CCCCC2)ccc1Nc1cccc(Cl)c1. The Bertz CT molecular complexity index is 712. The molecular formula is C20H26ClN3O. The highest BCUT2D eigenvalue weighted by atomic mass is 35.5. The van der Waals surface area contributed by atoms with Gasteiger partial charge >= 0.3 is 0 Å². The van der Waals surface area contributed by atoms with Gasteiger partial charge in [-0.2, -0.15) is 0 Å². The van der Waals surface area contributed by atoms with E-state index in [9.17, 15) is 4.79 Å². The monoisotopic (exact) mass is 359 g/mol. The van der Waals surface area contributed by atoms with Gasteiger partial charge in [-0.15, -0.1) is 0 Å². The average Bonchev–Trinajstić information content (AvgIpc) is 2.65. The molecule has 0 atom stereocenters. The molecule has 1 aliphatic rings. The highest BCUT2D eigenvalue weighted by Gasteiger charge is 2.18. The molecule has 134 valence electrons. The van der Waals surface area contributed by atoms with E-state index >= 15 is 0 Å². The Labute approximate surface area is 155 Å². The zero-order valence-electron chi connectivity index (χ0n) is 14.9. The predicted molar refractivity (Wildman–Crippen MR) is 107 cm³/mol. The van der Waals surface area contributed by atoms with Crippen molar-refractivity contribution in [1.82, 2.24) is 4.90 Å². The zero-order valence-corrected chi connectivity index (χ0v) is 15.6. The van der Waals surface area contributed by atoms with E-state index in [-0.39, 0.29) is 5.91 Å². The number of nitrogens with zero attached hydrogens (tertiary/aromatic N) is 1. The number of halogens is 1. The summed E-state index contributed by atoms with van der Waals surface area (Å²) in [5, 5.41) is 3.88. The molecule has 0 radical (unpaired) electrons. The second-order valence-corrected chi connectivity index (χ2v) is 6.23. The van der Waals surface area contributed by atoms with E-state index in [0.29, 0.717) is 16.3 Å². The van der Waals surface area contributed by atoms with Crippen LogP contribution in [-0.4, -0.2) is 23.9 Å². The molecule has 1 saturated heterocycles. The first-order chi connectivity index (χ1) is 12.1. The number of piperidine rings is 1. The van der Waals surface area contributed by atoms with Crippen LogP contribution < -0.4 is 11.1 Å². The number of rotatable bonds is 3. The second-order valence-electron chi connectivity index (χ2n) is 5.79. The number of carbonyl (C=O) groups is 1. The molecule has 3 rings (SSSR count). The molecule has 2 aromatic rings. The fraction of sp³-hybridized carbons (Fsp3) is 0.350. The Balaban J connectivity index is 0.00000109. The van der Waals surface area contributed by atoms with Crippen molar-refractivity contribution in [3.8, 4) is 0 Å². The van der Waals surface area contributed by atoms with Gasteiger partial charge in [-0.05, 0) is 55.7 Å². The Morgan fingerprint density at radius 3 is 2.44 bits per heavy atom. The van der Waals surface area contributed by atoms with Crippen LogP contribution >= 0.6 is 11.6 Å². The van der Waals surface area contributed by atoms with Crippen LogP contribution in [0, 0.1) is 0 Å². The predicted octanol–water partition coefficient (Wildman–Crippen LogP) is 5.32. The van der Waals surface area contributed by atoms with Gasteiger partial charge in [-0.1, -0.05) is 31.5 Å². The van der Waals surface area contributed by atoms with Crippen molar-refractivity contribution in [1.29, 1.82) is 0 Å². The third kappa shape index (κ3) is 5.13. The van der Waals surface area contributed by atoms with E-state index in [1.54, 1.807) is 6.07 Å². The van der Waals surface area contributed by atoms with Crippen LogP contribution in [0.5, 0.6) is 0 Å². The van der Waals surface area contributed by atoms with Gasteiger partial charge < -0.3 is 16.0 Å². The number of amides is 1. The maximum atomic E-state index is 12.5. The number of anilines is 3. The smallest absolute Gasteiger partial charge is 0.253 e. The summed E-state index contributed by atoms with van der Waals surface area (Å²) >= 11 is 5.98. The first-order valence-corrected chi connectivity index (χ1v) is 9.23. The number of hydrogen-bond donors (Lipinski definition) is 2. The van der Waals surface area contributed by atoms with Crippen molar-refractivity contribution >= 4 is 34.6 Å². The first kappa shape index (κ1) is 19.1. The summed E-state index contributed by atoms with van der Waals surface area (Å²) in [5.74, 6) is 0.0608. The minimum Gasteiger partial charge on any atom is -0.397 e. The lowest BCUT2D eigenvalue weighted by molar-refractivity contribution is 0.0724. The molecule has 1 heterocycles. The molecule has 5 heteroatoms. The van der Waals surface area contributed by atoms with Gasteiger partial charge in [0.15, 0.2) is 0 Å². The lowest BCUT2D eigenvalue weighted by Gasteiger charge is -2.27. The van der Waals surface area contributed by atoms with Crippen molar-refractivity contribution in [3.05, 3.63) is 53.1 Å². The summed E-state index contributed by atoms with van der Waals surface area (Å²) in [7, 11) is 0. The van der Waals surface area contributed by atoms with Crippen LogP contribution in [0.2, 0.25) is 5.02 Å². The second kappa shape index (κ2) is 9.33. The summed E-state index contributed by atoms with van der Waals surface area (Å²) in [4.78, 5) is 14.4. The normalized spacial score (nSPS) is 13.6. The van der Waals surface area contributed by atoms with Crippen molar-refractivity contribution in [2.24, 2.45) is 0 Å². The summed E-state index contributed by atoms with van der Waals surface area (Å²) in [6.45, 7) is 5.67. The number of nitrogen functional groups attached to an aromatic ring is 1. The van der Waals surface area contributed by atoms with E-state index < -0.39 is 0 Å². The van der Waals surface area contributed by atoms with Crippen LogP contribution in [-0.2, 0) is 0 Å². The molecule has 0 spiro atoms. The van der Waals surface area contributed by atoms with Gasteiger partial charge in [0.05, 0.1) is 11.4 Å². The van der Waals surface area contributed by atoms with Gasteiger partial charge in [0.25, 0.3) is 5.91 Å². The Morgan fingerprint density at radius 2 is 1.80 bits per heavy atom. The molecule has 1 amide bonds. The molecule has 0 unspecified atom stereocenters. The molecule has 25 heavy (non-hydrogen) atoms. The van der Waals surface area contributed by atoms with E-state index in [1.165, 1.54) is 6.42 Å². The molecule has 0 aromatic heterocycles. The Hall–Kier alpha value is -2.20. The first-order valence-electron chi connectivity index (χ1n) is 8.85. The van der Waals surface area contributed by atoms with Crippen LogP contribution in [0.3, 0.4) is 0 Å². The molecule has 2 aromatic carbocycles. The highest BCUT2D eigenvalue weighted by Crippen LogP contribution is 2.26. The topological polar surface area (TPSA) is 58.4 Å². The number of nitrogens with two attached hydrogens (primary N) is 1. The van der Waals surface area contributed by atoms with Crippen LogP contribution in [0.4, 0.5) is 17.1 Å². The molecular weight excluding hydrogens is 334 g/mol. The summed E-state index contributed by atoms with van der Waals surface area (Å²) in [6, 6.07) is 12.8. The quantitative estimate of drug-likeness (QED) is 0.729. The lowest BCUT2D eigenvalue weighted by Crippen LogP contribution is -2.35. The van der Waals surface area contributed by atoms with Crippen LogP contribution in [0.25, 0.3) is 0 Å². The van der Waals surface area contributed by atoms with Crippen molar-refractivity contribution in [2.45, 2.75) is 33.1 Å². The van der Waals surface area contributed by atoms with Gasteiger partial charge in [-0.25, -0.2) is 0 Å². The van der Waals surface area contributed by atoms with Crippen molar-refractivity contribution in [3.63, 3.8) is 0 Å². The van der Waals surface area contributed by atoms with Crippen molar-refractivity contribution < 1.29 is 4.79 Å².